The summed E-state index contributed by atoms with van der Waals surface area (Å²) in [6.07, 6.45) is 5.31. The van der Waals surface area contributed by atoms with Crippen molar-refractivity contribution in [1.29, 1.82) is 0 Å². The first kappa shape index (κ1) is 11.8. The highest BCUT2D eigenvalue weighted by atomic mass is 33.5. The van der Waals surface area contributed by atoms with Gasteiger partial charge in [-0.15, -0.1) is 0 Å². The molecule has 0 atom stereocenters. The first-order chi connectivity index (χ1) is 7.95. The first-order valence-electron chi connectivity index (χ1n) is 4.58. The van der Waals surface area contributed by atoms with Gasteiger partial charge in [-0.05, 0) is 38.8 Å². The quantitative estimate of drug-likeness (QED) is 0.469. The molecule has 0 bridgehead atoms. The molecule has 0 spiro atoms. The van der Waals surface area contributed by atoms with Gasteiger partial charge in [-0.1, -0.05) is 16.9 Å². The van der Waals surface area contributed by atoms with Crippen LogP contribution >= 0.6 is 31.4 Å². The van der Waals surface area contributed by atoms with E-state index in [0.29, 0.717) is 0 Å². The predicted molar refractivity (Wildman–Crippen MR) is 71.0 cm³/mol. The summed E-state index contributed by atoms with van der Waals surface area (Å²) < 4.78 is 0. The zero-order chi connectivity index (χ0) is 11.1. The van der Waals surface area contributed by atoms with Crippen LogP contribution in [0.25, 0.3) is 0 Å². The van der Waals surface area contributed by atoms with Crippen molar-refractivity contribution in [2.45, 2.75) is 10.9 Å². The zero-order valence-corrected chi connectivity index (χ0v) is 10.8. The van der Waals surface area contributed by atoms with Crippen LogP contribution in [0.3, 0.4) is 0 Å². The van der Waals surface area contributed by atoms with Gasteiger partial charge in [0.05, 0.1) is 5.69 Å². The molecule has 2 aromatic heterocycles. The molecule has 3 nitrogen and oxygen atoms in total. The van der Waals surface area contributed by atoms with Crippen LogP contribution in [-0.2, 0) is 5.75 Å². The van der Waals surface area contributed by atoms with Crippen molar-refractivity contribution in [2.24, 2.45) is 0 Å². The third-order valence-electron chi connectivity index (χ3n) is 1.63. The fourth-order valence-corrected chi connectivity index (χ4v) is 4.11. The number of aromatic nitrogens is 3. The summed E-state index contributed by atoms with van der Waals surface area (Å²) in [6.45, 7) is 0. The van der Waals surface area contributed by atoms with Gasteiger partial charge in [0, 0.05) is 24.3 Å². The highest BCUT2D eigenvalue weighted by Crippen LogP contribution is 2.39. The summed E-state index contributed by atoms with van der Waals surface area (Å²) in [5.41, 5.74) is 1.09. The van der Waals surface area contributed by atoms with Gasteiger partial charge in [0.25, 0.3) is 0 Å². The Balaban J connectivity index is 1.70. The second kappa shape index (κ2) is 6.78. The van der Waals surface area contributed by atoms with Crippen molar-refractivity contribution in [2.75, 3.05) is 0 Å². The Morgan fingerprint density at radius 2 is 1.75 bits per heavy atom. The first-order valence-corrected chi connectivity index (χ1v) is 8.23. The van der Waals surface area contributed by atoms with Gasteiger partial charge in [0.1, 0.15) is 0 Å². The predicted octanol–water partition coefficient (Wildman–Crippen LogP) is 3.46. The van der Waals surface area contributed by atoms with Crippen LogP contribution in [0, 0.1) is 0 Å². The summed E-state index contributed by atoms with van der Waals surface area (Å²) >= 11 is 0. The van der Waals surface area contributed by atoms with E-state index in [-0.39, 0.29) is 0 Å². The molecule has 0 saturated heterocycles. The minimum absolute atomic E-state index is 0.793. The molecule has 2 rings (SSSR count). The molecule has 0 amide bonds. The number of hydrogen-bond donors (Lipinski definition) is 0. The lowest BCUT2D eigenvalue weighted by molar-refractivity contribution is 0.973. The van der Waals surface area contributed by atoms with E-state index in [1.165, 1.54) is 0 Å². The van der Waals surface area contributed by atoms with Crippen molar-refractivity contribution < 1.29 is 0 Å². The second-order valence-electron chi connectivity index (χ2n) is 2.77. The Bertz CT molecular complexity index is 369. The minimum Gasteiger partial charge on any atom is -0.260 e. The van der Waals surface area contributed by atoms with Crippen LogP contribution in [-0.4, -0.2) is 15.0 Å². The van der Waals surface area contributed by atoms with Gasteiger partial charge in [-0.3, -0.25) is 4.98 Å². The van der Waals surface area contributed by atoms with E-state index in [0.717, 1.165) is 16.6 Å². The number of nitrogens with zero attached hydrogens (tertiary/aromatic N) is 3. The monoisotopic (exact) mass is 267 g/mol. The van der Waals surface area contributed by atoms with E-state index in [1.807, 2.05) is 30.5 Å². The molecule has 6 heteroatoms. The Labute approximate surface area is 106 Å². The lowest BCUT2D eigenvalue weighted by Gasteiger charge is -1.98. The van der Waals surface area contributed by atoms with Crippen molar-refractivity contribution >= 4 is 31.4 Å². The molecule has 0 N–H and O–H groups in total. The lowest BCUT2D eigenvalue weighted by Crippen LogP contribution is -1.82. The van der Waals surface area contributed by atoms with Gasteiger partial charge in [-0.2, -0.15) is 0 Å². The Morgan fingerprint density at radius 3 is 2.50 bits per heavy atom. The molecule has 2 aromatic rings. The molecule has 0 saturated carbocycles. The molecule has 2 heterocycles. The van der Waals surface area contributed by atoms with E-state index in [2.05, 4.69) is 15.0 Å². The van der Waals surface area contributed by atoms with Gasteiger partial charge in [-0.25, -0.2) is 9.97 Å². The molecular formula is C10H9N3S3. The van der Waals surface area contributed by atoms with Crippen molar-refractivity contribution in [3.63, 3.8) is 0 Å². The summed E-state index contributed by atoms with van der Waals surface area (Å²) in [5, 5.41) is 0.793. The molecule has 0 unspecified atom stereocenters. The molecule has 82 valence electrons. The maximum Gasteiger partial charge on any atom is 0.199 e. The maximum atomic E-state index is 4.25. The van der Waals surface area contributed by atoms with Crippen LogP contribution in [0.5, 0.6) is 0 Å². The fraction of sp³-hybridized carbons (Fsp3) is 0.100. The van der Waals surface area contributed by atoms with E-state index in [1.54, 1.807) is 43.8 Å². The fourth-order valence-electron chi connectivity index (χ4n) is 0.951. The van der Waals surface area contributed by atoms with Crippen molar-refractivity contribution in [3.05, 3.63) is 48.5 Å². The average Bonchev–Trinajstić information content (AvgIpc) is 2.37. The second-order valence-corrected chi connectivity index (χ2v) is 6.80. The minimum atomic E-state index is 0.793. The molecule has 0 aliphatic heterocycles. The van der Waals surface area contributed by atoms with E-state index < -0.39 is 0 Å². The number of hydrogen-bond acceptors (Lipinski definition) is 6. The smallest absolute Gasteiger partial charge is 0.199 e. The van der Waals surface area contributed by atoms with Crippen molar-refractivity contribution in [3.8, 4) is 0 Å². The molecule has 0 fully saturated rings. The third-order valence-corrected chi connectivity index (χ3v) is 5.34. The molecule has 0 aliphatic rings. The highest BCUT2D eigenvalue weighted by molar-refractivity contribution is 9.09. The van der Waals surface area contributed by atoms with Gasteiger partial charge >= 0.3 is 0 Å². The number of pyridine rings is 1. The van der Waals surface area contributed by atoms with Crippen LogP contribution in [0.1, 0.15) is 5.69 Å². The summed E-state index contributed by atoms with van der Waals surface area (Å²) in [7, 11) is 4.98. The van der Waals surface area contributed by atoms with Crippen molar-refractivity contribution in [1.82, 2.24) is 15.0 Å². The summed E-state index contributed by atoms with van der Waals surface area (Å²) in [5.74, 6) is 0.894. The maximum absolute atomic E-state index is 4.25. The topological polar surface area (TPSA) is 38.7 Å². The molecule has 0 aliphatic carbocycles. The highest BCUT2D eigenvalue weighted by Gasteiger charge is 1.98. The Kier molecular flexibility index (Phi) is 4.98. The van der Waals surface area contributed by atoms with Gasteiger partial charge in [0.2, 0.25) is 0 Å². The summed E-state index contributed by atoms with van der Waals surface area (Å²) in [6, 6.07) is 7.77. The molecule has 0 aromatic carbocycles. The lowest BCUT2D eigenvalue weighted by atomic mass is 10.4. The zero-order valence-electron chi connectivity index (χ0n) is 8.31. The van der Waals surface area contributed by atoms with Gasteiger partial charge < -0.3 is 0 Å². The van der Waals surface area contributed by atoms with Crippen LogP contribution < -0.4 is 0 Å². The summed E-state index contributed by atoms with van der Waals surface area (Å²) in [4.78, 5) is 12.5. The Morgan fingerprint density at radius 1 is 0.938 bits per heavy atom. The van der Waals surface area contributed by atoms with E-state index in [4.69, 9.17) is 0 Å². The standard InChI is InChI=1S/C10H9N3S3/c1-2-5-11-9(4-1)8-14-16-15-10-12-6-3-7-13-10/h1-7H,8H2. The molecule has 16 heavy (non-hydrogen) atoms. The van der Waals surface area contributed by atoms with Crippen LogP contribution in [0.4, 0.5) is 0 Å². The molecular weight excluding hydrogens is 258 g/mol. The van der Waals surface area contributed by atoms with E-state index >= 15 is 0 Å². The normalized spacial score (nSPS) is 10.2. The number of rotatable bonds is 5. The van der Waals surface area contributed by atoms with Gasteiger partial charge in [0.15, 0.2) is 5.16 Å². The average molecular weight is 267 g/mol. The van der Waals surface area contributed by atoms with Crippen LogP contribution in [0.15, 0.2) is 48.0 Å². The third kappa shape index (κ3) is 4.03. The SMILES string of the molecule is c1ccc(CSSSc2ncccn2)nc1. The van der Waals surface area contributed by atoms with E-state index in [9.17, 15) is 0 Å². The van der Waals surface area contributed by atoms with Crippen LogP contribution in [0.2, 0.25) is 0 Å². The Hall–Kier alpha value is -0.720. The molecule has 0 radical (unpaired) electrons. The largest absolute Gasteiger partial charge is 0.260 e.